The number of fused-ring (bicyclic) bond motifs is 1. The Morgan fingerprint density at radius 2 is 1.96 bits per heavy atom. The largest absolute Gasteiger partial charge is 0.508 e. The van der Waals surface area contributed by atoms with Crippen LogP contribution in [0.25, 0.3) is 11.1 Å². The van der Waals surface area contributed by atoms with Crippen LogP contribution in [0.3, 0.4) is 0 Å². The molecule has 142 valence electrons. The minimum atomic E-state index is -0.542. The lowest BCUT2D eigenvalue weighted by Crippen LogP contribution is -2.34. The number of amides is 1. The zero-order valence-corrected chi connectivity index (χ0v) is 15.2. The van der Waals surface area contributed by atoms with E-state index in [1.807, 2.05) is 6.07 Å². The van der Waals surface area contributed by atoms with Gasteiger partial charge in [-0.15, -0.1) is 0 Å². The number of primary amides is 1. The molecule has 27 heavy (non-hydrogen) atoms. The van der Waals surface area contributed by atoms with E-state index in [0.717, 1.165) is 30.5 Å². The molecule has 0 radical (unpaired) electrons. The van der Waals surface area contributed by atoms with Crippen LogP contribution in [-0.4, -0.2) is 30.4 Å². The summed E-state index contributed by atoms with van der Waals surface area (Å²) in [6.45, 7) is 1.20. The summed E-state index contributed by atoms with van der Waals surface area (Å²) in [6.07, 6.45) is 5.58. The summed E-state index contributed by atoms with van der Waals surface area (Å²) in [5.41, 5.74) is 8.34. The second-order valence-corrected chi connectivity index (χ2v) is 7.19. The molecular formula is C21H24N2O4. The topological polar surface area (TPSA) is 93.8 Å². The Kier molecular flexibility index (Phi) is 4.90. The number of aromatic hydroxyl groups is 1. The van der Waals surface area contributed by atoms with Gasteiger partial charge in [-0.1, -0.05) is 12.5 Å². The lowest BCUT2D eigenvalue weighted by atomic mass is 9.93. The lowest BCUT2D eigenvalue weighted by molar-refractivity contribution is 0.100. The number of rotatable bonds is 5. The summed E-state index contributed by atoms with van der Waals surface area (Å²) < 4.78 is 10.8. The van der Waals surface area contributed by atoms with Gasteiger partial charge in [0.2, 0.25) is 12.7 Å². The van der Waals surface area contributed by atoms with E-state index in [4.69, 9.17) is 15.2 Å². The lowest BCUT2D eigenvalue weighted by Gasteiger charge is -2.23. The van der Waals surface area contributed by atoms with Gasteiger partial charge >= 0.3 is 0 Å². The quantitative estimate of drug-likeness (QED) is 0.754. The van der Waals surface area contributed by atoms with Crippen LogP contribution in [0, 0.1) is 0 Å². The summed E-state index contributed by atoms with van der Waals surface area (Å²) in [4.78, 5) is 12.0. The minimum absolute atomic E-state index is 0.122. The Balaban J connectivity index is 1.64. The summed E-state index contributed by atoms with van der Waals surface area (Å²) >= 11 is 0. The number of carbonyl (C=O) groups is 1. The number of hydrogen-bond donors (Lipinski definition) is 3. The van der Waals surface area contributed by atoms with Gasteiger partial charge in [-0.3, -0.25) is 4.79 Å². The number of carbonyl (C=O) groups excluding carboxylic acids is 1. The smallest absolute Gasteiger partial charge is 0.249 e. The minimum Gasteiger partial charge on any atom is -0.508 e. The van der Waals surface area contributed by atoms with Crippen molar-refractivity contribution in [2.24, 2.45) is 5.73 Å². The molecule has 0 aliphatic carbocycles. The third-order valence-electron chi connectivity index (χ3n) is 5.26. The molecule has 1 atom stereocenters. The molecule has 0 saturated carbocycles. The first kappa shape index (κ1) is 17.7. The van der Waals surface area contributed by atoms with Crippen LogP contribution in [0.4, 0.5) is 0 Å². The number of nitrogens with two attached hydrogens (primary N) is 1. The first-order chi connectivity index (χ1) is 13.1. The van der Waals surface area contributed by atoms with Gasteiger partial charge < -0.3 is 25.6 Å². The molecule has 1 amide bonds. The van der Waals surface area contributed by atoms with E-state index in [1.165, 1.54) is 19.3 Å². The molecule has 2 aromatic rings. The number of ether oxygens (including phenoxy) is 2. The van der Waals surface area contributed by atoms with Crippen LogP contribution < -0.4 is 20.5 Å². The molecule has 2 aromatic carbocycles. The molecule has 0 spiro atoms. The van der Waals surface area contributed by atoms with Crippen LogP contribution in [0.5, 0.6) is 17.2 Å². The average molecular weight is 368 g/mol. The zero-order chi connectivity index (χ0) is 18.8. The van der Waals surface area contributed by atoms with Crippen molar-refractivity contribution >= 4 is 5.91 Å². The number of nitrogens with one attached hydrogen (secondary N) is 1. The molecule has 6 heteroatoms. The van der Waals surface area contributed by atoms with Crippen LogP contribution >= 0.6 is 0 Å². The van der Waals surface area contributed by atoms with Gasteiger partial charge in [-0.05, 0) is 73.2 Å². The Morgan fingerprint density at radius 3 is 2.70 bits per heavy atom. The summed E-state index contributed by atoms with van der Waals surface area (Å²) in [5.74, 6) is 0.717. The van der Waals surface area contributed by atoms with E-state index in [0.29, 0.717) is 28.7 Å². The molecule has 4 N–H and O–H groups in total. The third kappa shape index (κ3) is 3.85. The van der Waals surface area contributed by atoms with E-state index in [2.05, 4.69) is 5.32 Å². The highest BCUT2D eigenvalue weighted by Crippen LogP contribution is 2.39. The SMILES string of the molecule is NC(=O)c1cc2c(cc1-c1cc(O)cc(CC[C@H]3CCCCN3)c1)OCO2. The number of piperidine rings is 1. The summed E-state index contributed by atoms with van der Waals surface area (Å²) in [5, 5.41) is 13.8. The van der Waals surface area contributed by atoms with Gasteiger partial charge in [0.1, 0.15) is 5.75 Å². The fourth-order valence-corrected chi connectivity index (χ4v) is 3.87. The van der Waals surface area contributed by atoms with E-state index in [-0.39, 0.29) is 12.5 Å². The molecule has 2 aliphatic heterocycles. The van der Waals surface area contributed by atoms with Gasteiger partial charge in [0.15, 0.2) is 11.5 Å². The summed E-state index contributed by atoms with van der Waals surface area (Å²) in [7, 11) is 0. The fraction of sp³-hybridized carbons (Fsp3) is 0.381. The Bertz CT molecular complexity index is 860. The highest BCUT2D eigenvalue weighted by Gasteiger charge is 2.21. The number of benzene rings is 2. The van der Waals surface area contributed by atoms with Crippen molar-refractivity contribution in [1.29, 1.82) is 0 Å². The van der Waals surface area contributed by atoms with Crippen LogP contribution in [0.15, 0.2) is 30.3 Å². The van der Waals surface area contributed by atoms with Crippen LogP contribution in [-0.2, 0) is 6.42 Å². The fourth-order valence-electron chi connectivity index (χ4n) is 3.87. The molecule has 1 saturated heterocycles. The normalized spacial score (nSPS) is 18.4. The maximum absolute atomic E-state index is 12.0. The Hall–Kier alpha value is -2.73. The van der Waals surface area contributed by atoms with Crippen molar-refractivity contribution < 1.29 is 19.4 Å². The molecule has 0 unspecified atom stereocenters. The Labute approximate surface area is 158 Å². The molecular weight excluding hydrogens is 344 g/mol. The highest BCUT2D eigenvalue weighted by molar-refractivity contribution is 6.01. The van der Waals surface area contributed by atoms with Gasteiger partial charge in [0.05, 0.1) is 5.56 Å². The third-order valence-corrected chi connectivity index (χ3v) is 5.26. The maximum Gasteiger partial charge on any atom is 0.249 e. The number of phenolic OH excluding ortho intramolecular Hbond substituents is 1. The molecule has 2 aliphatic rings. The van der Waals surface area contributed by atoms with Crippen LogP contribution in [0.1, 0.15) is 41.6 Å². The van der Waals surface area contributed by atoms with Crippen molar-refractivity contribution in [2.75, 3.05) is 13.3 Å². The molecule has 6 nitrogen and oxygen atoms in total. The predicted octanol–water partition coefficient (Wildman–Crippen LogP) is 2.96. The van der Waals surface area contributed by atoms with Crippen molar-refractivity contribution in [3.8, 4) is 28.4 Å². The van der Waals surface area contributed by atoms with E-state index in [1.54, 1.807) is 24.3 Å². The first-order valence-corrected chi connectivity index (χ1v) is 9.40. The molecule has 4 rings (SSSR count). The highest BCUT2D eigenvalue weighted by atomic mass is 16.7. The van der Waals surface area contributed by atoms with Crippen molar-refractivity contribution in [2.45, 2.75) is 38.1 Å². The van der Waals surface area contributed by atoms with Crippen molar-refractivity contribution in [1.82, 2.24) is 5.32 Å². The van der Waals surface area contributed by atoms with E-state index < -0.39 is 5.91 Å². The van der Waals surface area contributed by atoms with Gasteiger partial charge in [-0.2, -0.15) is 0 Å². The second-order valence-electron chi connectivity index (χ2n) is 7.19. The monoisotopic (exact) mass is 368 g/mol. The number of hydrogen-bond acceptors (Lipinski definition) is 5. The average Bonchev–Trinajstić information content (AvgIpc) is 3.13. The molecule has 0 aromatic heterocycles. The molecule has 2 heterocycles. The zero-order valence-electron chi connectivity index (χ0n) is 15.2. The molecule has 0 bridgehead atoms. The number of aryl methyl sites for hydroxylation is 1. The standard InChI is InChI=1S/C21H24N2O4/c22-21(25)18-11-20-19(26-12-27-20)10-17(18)14-7-13(8-16(24)9-14)4-5-15-3-1-2-6-23-15/h7-11,15,23-24H,1-6,12H2,(H2,22,25)/t15-/m1/s1. The first-order valence-electron chi connectivity index (χ1n) is 9.40. The number of phenols is 1. The maximum atomic E-state index is 12.0. The van der Waals surface area contributed by atoms with Crippen molar-refractivity contribution in [3.63, 3.8) is 0 Å². The molecule has 1 fully saturated rings. The predicted molar refractivity (Wildman–Crippen MR) is 102 cm³/mol. The summed E-state index contributed by atoms with van der Waals surface area (Å²) in [6, 6.07) is 9.32. The van der Waals surface area contributed by atoms with Gasteiger partial charge in [-0.25, -0.2) is 0 Å². The van der Waals surface area contributed by atoms with Gasteiger partial charge in [0, 0.05) is 6.04 Å². The van der Waals surface area contributed by atoms with E-state index in [9.17, 15) is 9.90 Å². The van der Waals surface area contributed by atoms with Crippen LogP contribution in [0.2, 0.25) is 0 Å². The Morgan fingerprint density at radius 1 is 1.15 bits per heavy atom. The van der Waals surface area contributed by atoms with Gasteiger partial charge in [0.25, 0.3) is 0 Å². The van der Waals surface area contributed by atoms with Crippen molar-refractivity contribution in [3.05, 3.63) is 41.5 Å². The second kappa shape index (κ2) is 7.48. The van der Waals surface area contributed by atoms with E-state index >= 15 is 0 Å².